The van der Waals surface area contributed by atoms with E-state index in [1.54, 1.807) is 9.80 Å². The average Bonchev–Trinajstić information content (AvgIpc) is 3.13. The average molecular weight is 342 g/mol. The number of carbonyl (C=O) groups excluding carboxylic acids is 2. The Morgan fingerprint density at radius 2 is 1.29 bits per heavy atom. The summed E-state index contributed by atoms with van der Waals surface area (Å²) in [6.07, 6.45) is -0.0598. The van der Waals surface area contributed by atoms with Crippen molar-refractivity contribution in [3.05, 3.63) is 0 Å². The number of aliphatic hydroxyl groups excluding tert-OH is 1. The maximum atomic E-state index is 12.5. The van der Waals surface area contributed by atoms with Gasteiger partial charge in [-0.15, -0.1) is 0 Å². The Labute approximate surface area is 143 Å². The van der Waals surface area contributed by atoms with E-state index in [0.29, 0.717) is 13.1 Å². The fourth-order valence-corrected chi connectivity index (χ4v) is 2.90. The summed E-state index contributed by atoms with van der Waals surface area (Å²) < 4.78 is 10.9. The van der Waals surface area contributed by atoms with Crippen molar-refractivity contribution in [3.63, 3.8) is 0 Å². The summed E-state index contributed by atoms with van der Waals surface area (Å²) >= 11 is 0. The maximum Gasteiger partial charge on any atom is 0.410 e. The molecular weight excluding hydrogens is 312 g/mol. The van der Waals surface area contributed by atoms with Crippen LogP contribution < -0.4 is 0 Å². The highest BCUT2D eigenvalue weighted by Crippen LogP contribution is 2.38. The normalized spacial score (nSPS) is 27.2. The van der Waals surface area contributed by atoms with Crippen LogP contribution in [0.2, 0.25) is 0 Å². The van der Waals surface area contributed by atoms with Crippen LogP contribution in [-0.2, 0) is 9.47 Å². The molecule has 0 radical (unpaired) electrons. The third kappa shape index (κ3) is 4.75. The summed E-state index contributed by atoms with van der Waals surface area (Å²) in [5.74, 6) is -0.210. The van der Waals surface area contributed by atoms with E-state index in [1.807, 2.05) is 41.5 Å². The number of fused-ring (bicyclic) bond motifs is 1. The first-order valence-corrected chi connectivity index (χ1v) is 8.51. The zero-order valence-electron chi connectivity index (χ0n) is 15.5. The van der Waals surface area contributed by atoms with Crippen LogP contribution in [0.4, 0.5) is 9.59 Å². The first kappa shape index (κ1) is 18.8. The Morgan fingerprint density at radius 3 is 1.58 bits per heavy atom. The van der Waals surface area contributed by atoms with Crippen LogP contribution in [0, 0.1) is 5.92 Å². The van der Waals surface area contributed by atoms with Crippen LogP contribution >= 0.6 is 0 Å². The molecule has 1 saturated heterocycles. The minimum atomic E-state index is -0.576. The maximum absolute atomic E-state index is 12.5. The Morgan fingerprint density at radius 1 is 0.917 bits per heavy atom. The molecule has 1 N–H and O–H groups in total. The van der Waals surface area contributed by atoms with Crippen molar-refractivity contribution in [1.82, 2.24) is 9.80 Å². The third-order valence-corrected chi connectivity index (χ3v) is 3.95. The zero-order chi connectivity index (χ0) is 18.3. The van der Waals surface area contributed by atoms with Crippen LogP contribution in [0.25, 0.3) is 0 Å². The van der Waals surface area contributed by atoms with Gasteiger partial charge in [-0.25, -0.2) is 9.59 Å². The van der Waals surface area contributed by atoms with Gasteiger partial charge in [-0.2, -0.15) is 0 Å². The molecule has 1 saturated carbocycles. The molecule has 1 aliphatic heterocycles. The number of carbonyl (C=O) groups is 2. The SMILES string of the molecule is CC(C)(C)OC(=O)N1CC(CO)CN(C(=O)OC(C)(C)C)[C@H]2C[C@H]21. The Bertz CT molecular complexity index is 452. The Balaban J connectivity index is 2.11. The molecule has 24 heavy (non-hydrogen) atoms. The van der Waals surface area contributed by atoms with Gasteiger partial charge in [-0.05, 0) is 48.0 Å². The molecule has 2 fully saturated rings. The number of hydrogen-bond acceptors (Lipinski definition) is 5. The highest BCUT2D eigenvalue weighted by molar-refractivity contribution is 5.72. The van der Waals surface area contributed by atoms with Crippen molar-refractivity contribution in [2.75, 3.05) is 19.7 Å². The number of hydrogen-bond donors (Lipinski definition) is 1. The smallest absolute Gasteiger partial charge is 0.410 e. The van der Waals surface area contributed by atoms with Gasteiger partial charge in [-0.1, -0.05) is 0 Å². The minimum absolute atomic E-state index is 0.0658. The quantitative estimate of drug-likeness (QED) is 0.790. The Kier molecular flexibility index (Phi) is 5.04. The van der Waals surface area contributed by atoms with Gasteiger partial charge in [0.2, 0.25) is 0 Å². The van der Waals surface area contributed by atoms with Gasteiger partial charge in [0.25, 0.3) is 0 Å². The van der Waals surface area contributed by atoms with Crippen LogP contribution in [-0.4, -0.2) is 70.1 Å². The second-order valence-corrected chi connectivity index (χ2v) is 8.68. The molecule has 1 aliphatic carbocycles. The molecule has 3 atom stereocenters. The number of amides is 2. The van der Waals surface area contributed by atoms with E-state index in [-0.39, 0.29) is 36.8 Å². The lowest BCUT2D eigenvalue weighted by Gasteiger charge is -2.29. The molecule has 2 aliphatic rings. The standard InChI is InChI=1S/C17H30N2O5/c1-16(2,3)23-14(21)18-8-11(10-20)9-19(13-7-12(13)18)15(22)24-17(4,5)6/h11-13,20H,7-10H2,1-6H3/t11?,12-,13+. The molecule has 138 valence electrons. The van der Waals surface area contributed by atoms with Crippen molar-refractivity contribution in [2.45, 2.75) is 71.2 Å². The molecule has 1 unspecified atom stereocenters. The van der Waals surface area contributed by atoms with Gasteiger partial charge < -0.3 is 24.4 Å². The second kappa shape index (κ2) is 6.43. The van der Waals surface area contributed by atoms with Gasteiger partial charge in [0, 0.05) is 25.6 Å². The second-order valence-electron chi connectivity index (χ2n) is 8.68. The van der Waals surface area contributed by atoms with E-state index in [0.717, 1.165) is 6.42 Å². The highest BCUT2D eigenvalue weighted by Gasteiger charge is 2.53. The summed E-state index contributed by atoms with van der Waals surface area (Å²) in [6.45, 7) is 11.6. The largest absolute Gasteiger partial charge is 0.444 e. The lowest BCUT2D eigenvalue weighted by molar-refractivity contribution is 0.0194. The first-order valence-electron chi connectivity index (χ1n) is 8.51. The molecule has 1 heterocycles. The summed E-state index contributed by atoms with van der Waals surface area (Å²) in [5, 5.41) is 9.62. The van der Waals surface area contributed by atoms with Crippen LogP contribution in [0.15, 0.2) is 0 Å². The van der Waals surface area contributed by atoms with E-state index in [2.05, 4.69) is 0 Å². The molecule has 7 nitrogen and oxygen atoms in total. The first-order chi connectivity index (χ1) is 10.9. The van der Waals surface area contributed by atoms with Gasteiger partial charge in [0.1, 0.15) is 11.2 Å². The summed E-state index contributed by atoms with van der Waals surface area (Å²) in [6, 6.07) is -0.132. The van der Waals surface area contributed by atoms with Crippen LogP contribution in [0.3, 0.4) is 0 Å². The number of aliphatic hydroxyl groups is 1. The van der Waals surface area contributed by atoms with Gasteiger partial charge in [0.05, 0.1) is 12.1 Å². The number of nitrogens with zero attached hydrogens (tertiary/aromatic N) is 2. The van der Waals surface area contributed by atoms with Gasteiger partial charge in [-0.3, -0.25) is 0 Å². The summed E-state index contributed by atoms with van der Waals surface area (Å²) in [4.78, 5) is 28.2. The van der Waals surface area contributed by atoms with Crippen molar-refractivity contribution in [2.24, 2.45) is 5.92 Å². The molecule has 0 aromatic carbocycles. The highest BCUT2D eigenvalue weighted by atomic mass is 16.6. The van der Waals surface area contributed by atoms with E-state index in [4.69, 9.17) is 9.47 Å². The monoisotopic (exact) mass is 342 g/mol. The van der Waals surface area contributed by atoms with Gasteiger partial charge in [0.15, 0.2) is 0 Å². The van der Waals surface area contributed by atoms with E-state index in [9.17, 15) is 14.7 Å². The zero-order valence-corrected chi connectivity index (χ0v) is 15.5. The number of rotatable bonds is 1. The van der Waals surface area contributed by atoms with Crippen molar-refractivity contribution in [3.8, 4) is 0 Å². The third-order valence-electron chi connectivity index (χ3n) is 3.95. The fourth-order valence-electron chi connectivity index (χ4n) is 2.90. The van der Waals surface area contributed by atoms with Crippen LogP contribution in [0.1, 0.15) is 48.0 Å². The predicted molar refractivity (Wildman–Crippen MR) is 88.6 cm³/mol. The summed E-state index contributed by atoms with van der Waals surface area (Å²) in [5.41, 5.74) is -1.15. The van der Waals surface area contributed by atoms with E-state index < -0.39 is 11.2 Å². The molecule has 0 aromatic heterocycles. The van der Waals surface area contributed by atoms with Crippen molar-refractivity contribution >= 4 is 12.2 Å². The summed E-state index contributed by atoms with van der Waals surface area (Å²) in [7, 11) is 0. The Hall–Kier alpha value is -1.50. The molecule has 0 aromatic rings. The molecule has 0 spiro atoms. The van der Waals surface area contributed by atoms with E-state index in [1.165, 1.54) is 0 Å². The topological polar surface area (TPSA) is 79.3 Å². The molecular formula is C17H30N2O5. The van der Waals surface area contributed by atoms with Gasteiger partial charge >= 0.3 is 12.2 Å². The molecule has 0 bridgehead atoms. The minimum Gasteiger partial charge on any atom is -0.444 e. The fraction of sp³-hybridized carbons (Fsp3) is 0.882. The molecule has 2 rings (SSSR count). The lowest BCUT2D eigenvalue weighted by atomic mass is 10.1. The number of ether oxygens (including phenoxy) is 2. The molecule has 7 heteroatoms. The lowest BCUT2D eigenvalue weighted by Crippen LogP contribution is -2.42. The van der Waals surface area contributed by atoms with Crippen molar-refractivity contribution in [1.29, 1.82) is 0 Å². The molecule has 2 amide bonds. The van der Waals surface area contributed by atoms with E-state index >= 15 is 0 Å². The van der Waals surface area contributed by atoms with Crippen molar-refractivity contribution < 1.29 is 24.2 Å². The van der Waals surface area contributed by atoms with Crippen LogP contribution in [0.5, 0.6) is 0 Å². The predicted octanol–water partition coefficient (Wildman–Crippen LogP) is 2.22.